The predicted molar refractivity (Wildman–Crippen MR) is 219 cm³/mol. The molecule has 0 aliphatic carbocycles. The fraction of sp³-hybridized carbons (Fsp3) is 0.0204. The molecule has 0 amide bonds. The van der Waals surface area contributed by atoms with Gasteiger partial charge in [0.25, 0.3) is 0 Å². The van der Waals surface area contributed by atoms with Crippen LogP contribution in [0.15, 0.2) is 202 Å². The summed E-state index contributed by atoms with van der Waals surface area (Å²) in [6, 6.07) is 65.7. The third-order valence-corrected chi connectivity index (χ3v) is 10.2. The van der Waals surface area contributed by atoms with Gasteiger partial charge in [0.15, 0.2) is 5.84 Å². The Kier molecular flexibility index (Phi) is 7.51. The van der Waals surface area contributed by atoms with E-state index in [4.69, 9.17) is 14.4 Å². The molecule has 4 nitrogen and oxygen atoms in total. The van der Waals surface area contributed by atoms with Crippen LogP contribution in [0.1, 0.15) is 22.9 Å². The van der Waals surface area contributed by atoms with Crippen molar-refractivity contribution in [3.63, 3.8) is 0 Å². The number of fused-ring (bicyclic) bond motifs is 4. The molecule has 53 heavy (non-hydrogen) atoms. The van der Waals surface area contributed by atoms with Gasteiger partial charge in [0.05, 0.1) is 0 Å². The van der Waals surface area contributed by atoms with Crippen molar-refractivity contribution in [1.82, 2.24) is 5.32 Å². The second-order valence-electron chi connectivity index (χ2n) is 13.4. The number of nitrogens with zero attached hydrogens (tertiary/aromatic N) is 2. The third kappa shape index (κ3) is 5.58. The molecule has 0 spiro atoms. The highest BCUT2D eigenvalue weighted by Gasteiger charge is 2.24. The normalized spacial score (nSPS) is 14.2. The highest BCUT2D eigenvalue weighted by Crippen LogP contribution is 2.39. The van der Waals surface area contributed by atoms with E-state index in [0.29, 0.717) is 5.84 Å². The molecule has 1 aliphatic rings. The number of rotatable bonds is 6. The maximum absolute atomic E-state index is 6.68. The number of aliphatic imine (C=N–C) groups is 2. The van der Waals surface area contributed by atoms with Crippen molar-refractivity contribution in [1.29, 1.82) is 0 Å². The van der Waals surface area contributed by atoms with Crippen LogP contribution < -0.4 is 5.32 Å². The maximum Gasteiger partial charge on any atom is 0.159 e. The zero-order valence-corrected chi connectivity index (χ0v) is 28.8. The van der Waals surface area contributed by atoms with Crippen molar-refractivity contribution in [3.05, 3.63) is 205 Å². The molecule has 10 rings (SSSR count). The fourth-order valence-electron chi connectivity index (χ4n) is 7.54. The summed E-state index contributed by atoms with van der Waals surface area (Å²) in [6.07, 6.45) is -0.316. The Morgan fingerprint density at radius 2 is 1.00 bits per heavy atom. The topological polar surface area (TPSA) is 49.9 Å². The molecule has 250 valence electrons. The first-order valence-electron chi connectivity index (χ1n) is 17.9. The Balaban J connectivity index is 1.07. The molecular formula is C49H33N3O. The number of amidine groups is 2. The van der Waals surface area contributed by atoms with Gasteiger partial charge in [-0.2, -0.15) is 0 Å². The predicted octanol–water partition coefficient (Wildman–Crippen LogP) is 12.2. The average Bonchev–Trinajstić information content (AvgIpc) is 3.63. The minimum absolute atomic E-state index is 0.316. The summed E-state index contributed by atoms with van der Waals surface area (Å²) in [6.45, 7) is 0. The van der Waals surface area contributed by atoms with Crippen LogP contribution in [0.3, 0.4) is 0 Å². The van der Waals surface area contributed by atoms with Crippen molar-refractivity contribution in [3.8, 4) is 33.4 Å². The van der Waals surface area contributed by atoms with Gasteiger partial charge in [-0.1, -0.05) is 182 Å². The maximum atomic E-state index is 6.68. The molecule has 8 aromatic carbocycles. The van der Waals surface area contributed by atoms with Crippen molar-refractivity contribution in [2.45, 2.75) is 6.17 Å². The van der Waals surface area contributed by atoms with Crippen LogP contribution >= 0.6 is 0 Å². The van der Waals surface area contributed by atoms with Gasteiger partial charge < -0.3 is 9.73 Å². The molecule has 1 atom stereocenters. The second-order valence-corrected chi connectivity index (χ2v) is 13.4. The molecule has 0 fully saturated rings. The standard InChI is InChI=1S/C49H33N3O/c1-3-12-32(13-4-1)33-24-26-36(27-25-33)41-20-10-21-42-45-43(22-11-23-44(45)53-46(41)42)49-51-47(37-15-5-2-6-16-37)50-48(52-49)38-30-28-35(29-31-38)40-19-9-17-34-14-7-8-18-39(34)40/h1-31,47H,(H,50,51,52). The number of benzene rings is 8. The molecule has 1 N–H and O–H groups in total. The lowest BCUT2D eigenvalue weighted by Gasteiger charge is -2.24. The van der Waals surface area contributed by atoms with Crippen molar-refractivity contribution in [2.75, 3.05) is 0 Å². The van der Waals surface area contributed by atoms with Gasteiger partial charge in [0.2, 0.25) is 0 Å². The zero-order valence-electron chi connectivity index (χ0n) is 28.8. The Morgan fingerprint density at radius 1 is 0.434 bits per heavy atom. The van der Waals surface area contributed by atoms with Gasteiger partial charge in [-0.15, -0.1) is 0 Å². The monoisotopic (exact) mass is 679 g/mol. The summed E-state index contributed by atoms with van der Waals surface area (Å²) in [7, 11) is 0. The first-order valence-corrected chi connectivity index (χ1v) is 17.9. The quantitative estimate of drug-likeness (QED) is 0.190. The van der Waals surface area contributed by atoms with Crippen molar-refractivity contribution < 1.29 is 4.42 Å². The van der Waals surface area contributed by atoms with Gasteiger partial charge in [0.1, 0.15) is 23.2 Å². The van der Waals surface area contributed by atoms with Crippen molar-refractivity contribution >= 4 is 44.4 Å². The summed E-state index contributed by atoms with van der Waals surface area (Å²) in [4.78, 5) is 10.4. The van der Waals surface area contributed by atoms with Gasteiger partial charge in [-0.05, 0) is 50.2 Å². The Morgan fingerprint density at radius 3 is 1.81 bits per heavy atom. The first-order chi connectivity index (χ1) is 26.3. The number of hydrogen-bond acceptors (Lipinski definition) is 4. The van der Waals surface area contributed by atoms with Crippen LogP contribution in [0.4, 0.5) is 0 Å². The van der Waals surface area contributed by atoms with Gasteiger partial charge in [0, 0.05) is 27.5 Å². The molecule has 9 aromatic rings. The third-order valence-electron chi connectivity index (χ3n) is 10.2. The largest absolute Gasteiger partial charge is 0.455 e. The first kappa shape index (κ1) is 30.8. The number of hydrogen-bond donors (Lipinski definition) is 1. The number of furan rings is 1. The van der Waals surface area contributed by atoms with E-state index in [1.54, 1.807) is 0 Å². The summed E-state index contributed by atoms with van der Waals surface area (Å²) < 4.78 is 6.68. The molecule has 1 aliphatic heterocycles. The Labute approximate surface area is 307 Å². The Hall–Kier alpha value is -7.04. The molecule has 0 saturated heterocycles. The fourth-order valence-corrected chi connectivity index (χ4v) is 7.54. The molecule has 2 heterocycles. The molecule has 0 bridgehead atoms. The molecule has 1 unspecified atom stereocenters. The molecule has 1 aromatic heterocycles. The van der Waals surface area contributed by atoms with Crippen LogP contribution in [-0.4, -0.2) is 11.7 Å². The lowest BCUT2D eigenvalue weighted by atomic mass is 9.97. The van der Waals surface area contributed by atoms with E-state index in [1.165, 1.54) is 27.5 Å². The lowest BCUT2D eigenvalue weighted by molar-refractivity contribution is 0.668. The van der Waals surface area contributed by atoms with Crippen LogP contribution in [-0.2, 0) is 0 Å². The highest BCUT2D eigenvalue weighted by molar-refractivity contribution is 6.22. The SMILES string of the molecule is c1ccc(-c2ccc(-c3cccc4c3oc3cccc(C5=NC(c6ccc(-c7cccc8ccccc78)cc6)=NC(c6ccccc6)N5)c34)cc2)cc1. The lowest BCUT2D eigenvalue weighted by Crippen LogP contribution is -2.33. The smallest absolute Gasteiger partial charge is 0.159 e. The van der Waals surface area contributed by atoms with E-state index in [-0.39, 0.29) is 6.17 Å². The summed E-state index contributed by atoms with van der Waals surface area (Å²) >= 11 is 0. The van der Waals surface area contributed by atoms with Gasteiger partial charge >= 0.3 is 0 Å². The summed E-state index contributed by atoms with van der Waals surface area (Å²) in [5.74, 6) is 1.44. The van der Waals surface area contributed by atoms with Gasteiger partial charge in [-0.25, -0.2) is 9.98 Å². The summed E-state index contributed by atoms with van der Waals surface area (Å²) in [5.41, 5.74) is 11.6. The second kappa shape index (κ2) is 12.9. The van der Waals surface area contributed by atoms with E-state index in [1.807, 2.05) is 24.3 Å². The number of para-hydroxylation sites is 1. The minimum Gasteiger partial charge on any atom is -0.455 e. The highest BCUT2D eigenvalue weighted by atomic mass is 16.3. The van der Waals surface area contributed by atoms with Crippen LogP contribution in [0.2, 0.25) is 0 Å². The van der Waals surface area contributed by atoms with Crippen molar-refractivity contribution in [2.24, 2.45) is 9.98 Å². The van der Waals surface area contributed by atoms with Crippen LogP contribution in [0.5, 0.6) is 0 Å². The molecule has 0 radical (unpaired) electrons. The minimum atomic E-state index is -0.316. The van der Waals surface area contributed by atoms with E-state index in [9.17, 15) is 0 Å². The molecular weight excluding hydrogens is 647 g/mol. The van der Waals surface area contributed by atoms with Crippen LogP contribution in [0, 0.1) is 0 Å². The van der Waals surface area contributed by atoms with E-state index >= 15 is 0 Å². The molecule has 0 saturated carbocycles. The van der Waals surface area contributed by atoms with E-state index in [0.717, 1.165) is 61.2 Å². The van der Waals surface area contributed by atoms with E-state index in [2.05, 4.69) is 169 Å². The molecule has 4 heteroatoms. The zero-order chi connectivity index (χ0) is 35.1. The summed E-state index contributed by atoms with van der Waals surface area (Å²) in [5, 5.41) is 8.21. The van der Waals surface area contributed by atoms with Crippen LogP contribution in [0.25, 0.3) is 66.1 Å². The number of nitrogens with one attached hydrogen (secondary N) is 1. The Bertz CT molecular complexity index is 2830. The average molecular weight is 680 g/mol. The van der Waals surface area contributed by atoms with E-state index < -0.39 is 0 Å². The van der Waals surface area contributed by atoms with Gasteiger partial charge in [-0.3, -0.25) is 0 Å².